The number of aryl methyl sites for hydroxylation is 1. The van der Waals surface area contributed by atoms with Gasteiger partial charge in [-0.15, -0.1) is 0 Å². The highest BCUT2D eigenvalue weighted by atomic mass is 16.5. The van der Waals surface area contributed by atoms with Gasteiger partial charge in [-0.2, -0.15) is 0 Å². The first-order valence-corrected chi connectivity index (χ1v) is 8.54. The molecule has 2 heteroatoms. The van der Waals surface area contributed by atoms with Gasteiger partial charge in [-0.1, -0.05) is 44.6 Å². The molecule has 2 nitrogen and oxygen atoms in total. The zero-order valence-corrected chi connectivity index (χ0v) is 15.6. The van der Waals surface area contributed by atoms with Crippen LogP contribution in [-0.4, -0.2) is 19.2 Å². The Hall–Kier alpha value is -1.28. The third-order valence-electron chi connectivity index (χ3n) is 3.51. The highest BCUT2D eigenvalue weighted by Crippen LogP contribution is 2.21. The quantitative estimate of drug-likeness (QED) is 0.608. The topological polar surface area (TPSA) is 21.3 Å². The van der Waals surface area contributed by atoms with Gasteiger partial charge in [-0.3, -0.25) is 0 Å². The molecule has 0 atom stereocenters. The van der Waals surface area contributed by atoms with Crippen LogP contribution in [0.5, 0.6) is 5.75 Å². The fourth-order valence-corrected chi connectivity index (χ4v) is 2.42. The van der Waals surface area contributed by atoms with E-state index >= 15 is 0 Å². The van der Waals surface area contributed by atoms with Crippen molar-refractivity contribution in [1.29, 1.82) is 0 Å². The predicted octanol–water partition coefficient (Wildman–Crippen LogP) is 5.85. The molecule has 0 aliphatic heterocycles. The summed E-state index contributed by atoms with van der Waals surface area (Å²) in [6.45, 7) is 13.8. The van der Waals surface area contributed by atoms with Gasteiger partial charge in [-0.05, 0) is 58.7 Å². The average Bonchev–Trinajstić information content (AvgIpc) is 2.49. The highest BCUT2D eigenvalue weighted by Gasteiger charge is 2.14. The van der Waals surface area contributed by atoms with E-state index < -0.39 is 0 Å². The second-order valence-electron chi connectivity index (χ2n) is 5.95. The lowest BCUT2D eigenvalue weighted by atomic mass is 9.97. The summed E-state index contributed by atoms with van der Waals surface area (Å²) in [7, 11) is 1.72. The van der Waals surface area contributed by atoms with Gasteiger partial charge in [0.05, 0.1) is 7.11 Å². The van der Waals surface area contributed by atoms with E-state index in [1.165, 1.54) is 24.0 Å². The molecule has 0 amide bonds. The van der Waals surface area contributed by atoms with Crippen molar-refractivity contribution in [3.8, 4) is 5.75 Å². The van der Waals surface area contributed by atoms with E-state index in [0.29, 0.717) is 0 Å². The van der Waals surface area contributed by atoms with Crippen molar-refractivity contribution in [2.75, 3.05) is 13.7 Å². The predicted molar refractivity (Wildman–Crippen MR) is 102 cm³/mol. The molecule has 1 rings (SSSR count). The van der Waals surface area contributed by atoms with E-state index in [-0.39, 0.29) is 6.97 Å². The number of nitrogens with one attached hydrogen (secondary N) is 1. The summed E-state index contributed by atoms with van der Waals surface area (Å²) in [5, 5.41) is 3.51. The van der Waals surface area contributed by atoms with Crippen LogP contribution in [0.15, 0.2) is 24.3 Å². The van der Waals surface area contributed by atoms with Crippen LogP contribution < -0.4 is 10.1 Å². The Labute approximate surface area is 139 Å². The standard InChI is InChI=1S/C18H29NO.C2H6.H2/c1-6-19-18(3,4)13-9-7-8-10-16-14-15(2)11-12-17(16)20-5;1-2;/h8,10-12,14,19H,6-7,9,13H2,1-5H3;1-2H3;1H/b10-8+;;. The summed E-state index contributed by atoms with van der Waals surface area (Å²) < 4.78 is 5.38. The second-order valence-corrected chi connectivity index (χ2v) is 5.95. The summed E-state index contributed by atoms with van der Waals surface area (Å²) in [4.78, 5) is 0. The van der Waals surface area contributed by atoms with Crippen molar-refractivity contribution < 1.29 is 6.16 Å². The second kappa shape index (κ2) is 11.3. The van der Waals surface area contributed by atoms with Gasteiger partial charge in [0.15, 0.2) is 0 Å². The van der Waals surface area contributed by atoms with Crippen molar-refractivity contribution in [3.05, 3.63) is 35.4 Å². The molecule has 1 aromatic rings. The molecule has 0 aliphatic carbocycles. The van der Waals surface area contributed by atoms with Gasteiger partial charge in [0.1, 0.15) is 5.75 Å². The van der Waals surface area contributed by atoms with Crippen molar-refractivity contribution in [2.24, 2.45) is 0 Å². The van der Waals surface area contributed by atoms with Crippen LogP contribution >= 0.6 is 0 Å². The van der Waals surface area contributed by atoms with E-state index in [1.807, 2.05) is 19.9 Å². The molecule has 0 spiro atoms. The summed E-state index contributed by atoms with van der Waals surface area (Å²) in [6.07, 6.45) is 7.91. The van der Waals surface area contributed by atoms with Crippen molar-refractivity contribution >= 4 is 6.08 Å². The molecule has 0 heterocycles. The van der Waals surface area contributed by atoms with E-state index in [4.69, 9.17) is 4.74 Å². The van der Waals surface area contributed by atoms with Crippen LogP contribution in [-0.2, 0) is 0 Å². The molecule has 1 aromatic carbocycles. The molecule has 0 fully saturated rings. The Bertz CT molecular complexity index is 441. The Morgan fingerprint density at radius 1 is 1.27 bits per heavy atom. The van der Waals surface area contributed by atoms with Gasteiger partial charge in [0, 0.05) is 12.5 Å². The van der Waals surface area contributed by atoms with Gasteiger partial charge in [-0.25, -0.2) is 0 Å². The van der Waals surface area contributed by atoms with Gasteiger partial charge in [0.25, 0.3) is 0 Å². The molecule has 0 saturated heterocycles. The normalized spacial score (nSPS) is 11.2. The van der Waals surface area contributed by atoms with Crippen LogP contribution in [0.25, 0.3) is 6.08 Å². The molecule has 128 valence electrons. The highest BCUT2D eigenvalue weighted by molar-refractivity contribution is 5.58. The third-order valence-corrected chi connectivity index (χ3v) is 3.51. The SMILES string of the molecule is CC.CCNC(C)(C)CCC/C=C/c1cc(C)ccc1OC.[HH]. The lowest BCUT2D eigenvalue weighted by Gasteiger charge is -2.25. The number of rotatable bonds is 8. The van der Waals surface area contributed by atoms with Crippen molar-refractivity contribution in [1.82, 2.24) is 5.32 Å². The number of unbranched alkanes of at least 4 members (excludes halogenated alkanes) is 1. The molecule has 1 N–H and O–H groups in total. The van der Waals surface area contributed by atoms with Crippen LogP contribution in [0.3, 0.4) is 0 Å². The van der Waals surface area contributed by atoms with Crippen LogP contribution in [0.1, 0.15) is 66.4 Å². The van der Waals surface area contributed by atoms with E-state index in [9.17, 15) is 0 Å². The minimum Gasteiger partial charge on any atom is -0.496 e. The number of allylic oxidation sites excluding steroid dienone is 1. The molecule has 22 heavy (non-hydrogen) atoms. The number of methoxy groups -OCH3 is 1. The molecule has 0 bridgehead atoms. The van der Waals surface area contributed by atoms with Crippen LogP contribution in [0.2, 0.25) is 0 Å². The number of benzene rings is 1. The number of hydrogen-bond donors (Lipinski definition) is 1. The molecule has 0 unspecified atom stereocenters. The monoisotopic (exact) mass is 307 g/mol. The maximum Gasteiger partial charge on any atom is 0.126 e. The first-order valence-electron chi connectivity index (χ1n) is 8.54. The fourth-order valence-electron chi connectivity index (χ4n) is 2.42. The van der Waals surface area contributed by atoms with Crippen LogP contribution in [0.4, 0.5) is 0 Å². The molecular formula is C20H37NO. The molecule has 0 saturated carbocycles. The lowest BCUT2D eigenvalue weighted by molar-refractivity contribution is 0.363. The lowest BCUT2D eigenvalue weighted by Crippen LogP contribution is -2.38. The van der Waals surface area contributed by atoms with Crippen LogP contribution in [0, 0.1) is 6.92 Å². The summed E-state index contributed by atoms with van der Waals surface area (Å²) in [5.74, 6) is 0.944. The smallest absolute Gasteiger partial charge is 0.126 e. The third kappa shape index (κ3) is 8.23. The molecule has 0 aliphatic rings. The zero-order chi connectivity index (χ0) is 17.0. The Morgan fingerprint density at radius 2 is 1.95 bits per heavy atom. The molecule has 0 aromatic heterocycles. The van der Waals surface area contributed by atoms with Crippen molar-refractivity contribution in [3.63, 3.8) is 0 Å². The minimum atomic E-state index is 0. The van der Waals surface area contributed by atoms with E-state index in [0.717, 1.165) is 18.7 Å². The average molecular weight is 308 g/mol. The summed E-state index contributed by atoms with van der Waals surface area (Å²) in [6, 6.07) is 6.27. The zero-order valence-electron chi connectivity index (χ0n) is 15.6. The van der Waals surface area contributed by atoms with Gasteiger partial charge >= 0.3 is 0 Å². The Kier molecular flexibility index (Phi) is 10.7. The molecule has 0 radical (unpaired) electrons. The largest absolute Gasteiger partial charge is 0.496 e. The molecular weight excluding hydrogens is 270 g/mol. The van der Waals surface area contributed by atoms with Crippen molar-refractivity contribution in [2.45, 2.75) is 66.3 Å². The Balaban J connectivity index is 0. The van der Waals surface area contributed by atoms with E-state index in [1.54, 1.807) is 7.11 Å². The summed E-state index contributed by atoms with van der Waals surface area (Å²) in [5.41, 5.74) is 2.67. The maximum atomic E-state index is 5.38. The van der Waals surface area contributed by atoms with E-state index in [2.05, 4.69) is 57.3 Å². The first kappa shape index (κ1) is 20.7. The fraction of sp³-hybridized carbons (Fsp3) is 0.600. The maximum absolute atomic E-state index is 5.38. The summed E-state index contributed by atoms with van der Waals surface area (Å²) >= 11 is 0. The minimum absolute atomic E-state index is 0. The Morgan fingerprint density at radius 3 is 2.55 bits per heavy atom. The first-order chi connectivity index (χ1) is 10.5. The number of ether oxygens (including phenoxy) is 1. The number of hydrogen-bond acceptors (Lipinski definition) is 2. The van der Waals surface area contributed by atoms with Gasteiger partial charge in [0.2, 0.25) is 0 Å². The van der Waals surface area contributed by atoms with Gasteiger partial charge < -0.3 is 10.1 Å².